The van der Waals surface area contributed by atoms with Gasteiger partial charge in [-0.3, -0.25) is 0 Å². The molecule has 2 rings (SSSR count). The van der Waals surface area contributed by atoms with E-state index in [-0.39, 0.29) is 30.5 Å². The van der Waals surface area contributed by atoms with E-state index >= 15 is 0 Å². The third-order valence-corrected chi connectivity index (χ3v) is 3.64. The second-order valence-corrected chi connectivity index (χ2v) is 5.39. The van der Waals surface area contributed by atoms with Crippen molar-refractivity contribution in [2.24, 2.45) is 5.92 Å². The molecule has 2 atom stereocenters. The second kappa shape index (κ2) is 6.09. The van der Waals surface area contributed by atoms with Crippen molar-refractivity contribution in [1.29, 1.82) is 0 Å². The molecule has 2 N–H and O–H groups in total. The standard InChI is InChI=1S/C14H18F4N2O/c1-20-5-4-9(12(15)7-20)8-21-13-3-2-10(19)6-11(13)14(16,17)18/h2-3,6,9,12H,4-5,7-8,19H2,1H3. The van der Waals surface area contributed by atoms with Crippen LogP contribution in [0.1, 0.15) is 12.0 Å². The summed E-state index contributed by atoms with van der Waals surface area (Å²) < 4.78 is 57.8. The van der Waals surface area contributed by atoms with Crippen LogP contribution in [0.2, 0.25) is 0 Å². The van der Waals surface area contributed by atoms with E-state index in [9.17, 15) is 17.6 Å². The largest absolute Gasteiger partial charge is 0.493 e. The monoisotopic (exact) mass is 306 g/mol. The molecule has 0 bridgehead atoms. The number of alkyl halides is 4. The molecule has 3 nitrogen and oxygen atoms in total. The molecule has 1 saturated heterocycles. The molecule has 21 heavy (non-hydrogen) atoms. The maximum Gasteiger partial charge on any atom is 0.420 e. The van der Waals surface area contributed by atoms with Crippen LogP contribution in [0.4, 0.5) is 23.2 Å². The second-order valence-electron chi connectivity index (χ2n) is 5.39. The molecular formula is C14H18F4N2O. The summed E-state index contributed by atoms with van der Waals surface area (Å²) in [5, 5.41) is 0. The first kappa shape index (κ1) is 15.9. The van der Waals surface area contributed by atoms with Crippen LogP contribution >= 0.6 is 0 Å². The number of benzene rings is 1. The SMILES string of the molecule is CN1CCC(COc2ccc(N)cc2C(F)(F)F)C(F)C1. The highest BCUT2D eigenvalue weighted by atomic mass is 19.4. The summed E-state index contributed by atoms with van der Waals surface area (Å²) in [6.45, 7) is 0.923. The average molecular weight is 306 g/mol. The van der Waals surface area contributed by atoms with Crippen LogP contribution in [0.5, 0.6) is 5.75 Å². The Morgan fingerprint density at radius 2 is 2.10 bits per heavy atom. The van der Waals surface area contributed by atoms with Crippen LogP contribution in [0, 0.1) is 5.92 Å². The number of nitrogens with two attached hydrogens (primary N) is 1. The van der Waals surface area contributed by atoms with Gasteiger partial charge < -0.3 is 15.4 Å². The molecule has 0 spiro atoms. The number of rotatable bonds is 3. The molecule has 7 heteroatoms. The highest BCUT2D eigenvalue weighted by molar-refractivity contribution is 5.49. The molecule has 1 aromatic carbocycles. The van der Waals surface area contributed by atoms with E-state index in [1.807, 2.05) is 11.9 Å². The summed E-state index contributed by atoms with van der Waals surface area (Å²) in [6.07, 6.45) is -5.08. The van der Waals surface area contributed by atoms with Crippen LogP contribution in [-0.4, -0.2) is 37.8 Å². The fraction of sp³-hybridized carbons (Fsp3) is 0.571. The summed E-state index contributed by atoms with van der Waals surface area (Å²) in [5.74, 6) is -0.692. The van der Waals surface area contributed by atoms with E-state index in [0.717, 1.165) is 6.07 Å². The molecule has 0 aromatic heterocycles. The molecule has 0 radical (unpaired) electrons. The van der Waals surface area contributed by atoms with E-state index in [2.05, 4.69) is 0 Å². The Hall–Kier alpha value is -1.50. The molecule has 1 fully saturated rings. The van der Waals surface area contributed by atoms with E-state index in [1.54, 1.807) is 0 Å². The predicted octanol–water partition coefficient (Wildman–Crippen LogP) is 2.96. The first-order valence-corrected chi connectivity index (χ1v) is 6.69. The summed E-state index contributed by atoms with van der Waals surface area (Å²) in [7, 11) is 1.81. The Morgan fingerprint density at radius 1 is 1.38 bits per heavy atom. The number of halogens is 4. The Morgan fingerprint density at radius 3 is 2.71 bits per heavy atom. The first-order chi connectivity index (χ1) is 9.77. The third-order valence-electron chi connectivity index (χ3n) is 3.64. The molecule has 1 aliphatic rings. The van der Waals surface area contributed by atoms with Crippen molar-refractivity contribution in [3.8, 4) is 5.75 Å². The van der Waals surface area contributed by atoms with Gasteiger partial charge in [0.25, 0.3) is 0 Å². The highest BCUT2D eigenvalue weighted by Gasteiger charge is 2.35. The van der Waals surface area contributed by atoms with Gasteiger partial charge in [0, 0.05) is 18.2 Å². The van der Waals surface area contributed by atoms with Crippen LogP contribution in [-0.2, 0) is 6.18 Å². The van der Waals surface area contributed by atoms with Crippen LogP contribution in [0.25, 0.3) is 0 Å². The number of ether oxygens (including phenoxy) is 1. The lowest BCUT2D eigenvalue weighted by Gasteiger charge is -2.32. The third kappa shape index (κ3) is 4.00. The van der Waals surface area contributed by atoms with Crippen LogP contribution < -0.4 is 10.5 Å². The first-order valence-electron chi connectivity index (χ1n) is 6.69. The summed E-state index contributed by atoms with van der Waals surface area (Å²) >= 11 is 0. The fourth-order valence-electron chi connectivity index (χ4n) is 2.38. The van der Waals surface area contributed by atoms with Gasteiger partial charge >= 0.3 is 6.18 Å². The number of nitrogens with zero attached hydrogens (tertiary/aromatic N) is 1. The topological polar surface area (TPSA) is 38.5 Å². The van der Waals surface area contributed by atoms with E-state index in [4.69, 9.17) is 10.5 Å². The van der Waals surface area contributed by atoms with Crippen molar-refractivity contribution < 1.29 is 22.3 Å². The molecule has 0 amide bonds. The molecule has 1 heterocycles. The van der Waals surface area contributed by atoms with Gasteiger partial charge in [0.15, 0.2) is 0 Å². The zero-order chi connectivity index (χ0) is 15.6. The maximum atomic E-state index is 13.8. The average Bonchev–Trinajstić information content (AvgIpc) is 2.38. The van der Waals surface area contributed by atoms with Crippen molar-refractivity contribution in [2.45, 2.75) is 18.8 Å². The Bertz CT molecular complexity index is 492. The minimum absolute atomic E-state index is 0.0114. The van der Waals surface area contributed by atoms with Gasteiger partial charge in [-0.1, -0.05) is 0 Å². The lowest BCUT2D eigenvalue weighted by Crippen LogP contribution is -2.41. The summed E-state index contributed by atoms with van der Waals surface area (Å²) in [5.41, 5.74) is 4.47. The molecule has 1 aromatic rings. The van der Waals surface area contributed by atoms with Gasteiger partial charge in [-0.15, -0.1) is 0 Å². The number of piperidine rings is 1. The predicted molar refractivity (Wildman–Crippen MR) is 71.9 cm³/mol. The molecule has 1 aliphatic heterocycles. The molecule has 2 unspecified atom stereocenters. The maximum absolute atomic E-state index is 13.8. The zero-order valence-electron chi connectivity index (χ0n) is 11.7. The van der Waals surface area contributed by atoms with Gasteiger partial charge in [-0.25, -0.2) is 4.39 Å². The quantitative estimate of drug-likeness (QED) is 0.689. The molecule has 0 saturated carbocycles. The number of anilines is 1. The van der Waals surface area contributed by atoms with Crippen LogP contribution in [0.15, 0.2) is 18.2 Å². The smallest absolute Gasteiger partial charge is 0.420 e. The fourth-order valence-corrected chi connectivity index (χ4v) is 2.38. The van der Waals surface area contributed by atoms with E-state index in [1.165, 1.54) is 12.1 Å². The Balaban J connectivity index is 2.06. The zero-order valence-corrected chi connectivity index (χ0v) is 11.7. The molecule has 0 aliphatic carbocycles. The highest BCUT2D eigenvalue weighted by Crippen LogP contribution is 2.37. The molecule has 118 valence electrons. The van der Waals surface area contributed by atoms with Crippen molar-refractivity contribution in [3.05, 3.63) is 23.8 Å². The minimum Gasteiger partial charge on any atom is -0.493 e. The number of hydrogen-bond donors (Lipinski definition) is 1. The van der Waals surface area contributed by atoms with Gasteiger partial charge in [0.1, 0.15) is 11.9 Å². The number of likely N-dealkylation sites (tertiary alicyclic amines) is 1. The van der Waals surface area contributed by atoms with Gasteiger partial charge in [-0.05, 0) is 38.2 Å². The van der Waals surface area contributed by atoms with E-state index < -0.39 is 17.9 Å². The summed E-state index contributed by atoms with van der Waals surface area (Å²) in [6, 6.07) is 3.35. The van der Waals surface area contributed by atoms with Crippen molar-refractivity contribution in [3.63, 3.8) is 0 Å². The van der Waals surface area contributed by atoms with Gasteiger partial charge in [0.05, 0.1) is 12.2 Å². The molecular weight excluding hydrogens is 288 g/mol. The minimum atomic E-state index is -4.55. The normalized spacial score (nSPS) is 24.0. The lowest BCUT2D eigenvalue weighted by molar-refractivity contribution is -0.139. The Labute approximate surface area is 120 Å². The number of hydrogen-bond acceptors (Lipinski definition) is 3. The Kier molecular flexibility index (Phi) is 4.61. The van der Waals surface area contributed by atoms with Crippen molar-refractivity contribution >= 4 is 5.69 Å². The van der Waals surface area contributed by atoms with Crippen molar-refractivity contribution in [2.75, 3.05) is 32.5 Å². The lowest BCUT2D eigenvalue weighted by atomic mass is 9.96. The summed E-state index contributed by atoms with van der Waals surface area (Å²) in [4.78, 5) is 1.85. The van der Waals surface area contributed by atoms with Gasteiger partial charge in [0.2, 0.25) is 0 Å². The van der Waals surface area contributed by atoms with Crippen LogP contribution in [0.3, 0.4) is 0 Å². The number of nitrogen functional groups attached to an aromatic ring is 1. The van der Waals surface area contributed by atoms with E-state index in [0.29, 0.717) is 13.0 Å². The van der Waals surface area contributed by atoms with Gasteiger partial charge in [-0.2, -0.15) is 13.2 Å². The van der Waals surface area contributed by atoms with Crippen molar-refractivity contribution in [1.82, 2.24) is 4.90 Å².